The van der Waals surface area contributed by atoms with Crippen LogP contribution in [0.2, 0.25) is 0 Å². The molecule has 4 rings (SSSR count). The number of rotatable bonds is 5. The minimum Gasteiger partial charge on any atom is -0.465 e. The lowest BCUT2D eigenvalue weighted by Gasteiger charge is -2.45. The Balaban J connectivity index is 1.85. The molecule has 1 aliphatic rings. The molecule has 0 atom stereocenters. The van der Waals surface area contributed by atoms with Crippen LogP contribution in [0.1, 0.15) is 88.7 Å². The number of hydrogen-bond acceptors (Lipinski definition) is 4. The van der Waals surface area contributed by atoms with E-state index in [-0.39, 0.29) is 28.0 Å². The number of methoxy groups -OCH3 is 1. The molecule has 1 heterocycles. The normalized spacial score (nSPS) is 17.8. The number of aromatic nitrogens is 2. The molecule has 1 aromatic heterocycles. The van der Waals surface area contributed by atoms with E-state index in [2.05, 4.69) is 68.5 Å². The monoisotopic (exact) mass is 465 g/mol. The molecule has 0 bridgehead atoms. The molecule has 6 heteroatoms. The van der Waals surface area contributed by atoms with E-state index in [1.807, 2.05) is 12.1 Å². The lowest BCUT2D eigenvalue weighted by molar-refractivity contribution is 0.0595. The number of fused-ring (bicyclic) bond motifs is 1. The first-order valence-electron chi connectivity index (χ1n) is 12.1. The molecule has 0 radical (unpaired) electrons. The van der Waals surface area contributed by atoms with Crippen LogP contribution in [0.3, 0.4) is 0 Å². The summed E-state index contributed by atoms with van der Waals surface area (Å²) in [7, 11) is 1.25. The van der Waals surface area contributed by atoms with Crippen molar-refractivity contribution < 1.29 is 13.9 Å². The SMILES string of the molecule is COC(=O)c1ccc2c(nc(Nc3ccc(C(C)C)cc3)n2C2CC(C)(C)CC(C)(C)C2)c1F. The van der Waals surface area contributed by atoms with Crippen LogP contribution in [-0.4, -0.2) is 22.6 Å². The topological polar surface area (TPSA) is 56.1 Å². The fraction of sp³-hybridized carbons (Fsp3) is 0.500. The number of nitrogens with one attached hydrogen (secondary N) is 1. The summed E-state index contributed by atoms with van der Waals surface area (Å²) in [5.41, 5.74) is 3.20. The maximum absolute atomic E-state index is 15.4. The van der Waals surface area contributed by atoms with Crippen molar-refractivity contribution >= 4 is 28.6 Å². The maximum atomic E-state index is 15.4. The average molecular weight is 466 g/mol. The number of hydrogen-bond donors (Lipinski definition) is 1. The molecule has 0 unspecified atom stereocenters. The largest absolute Gasteiger partial charge is 0.465 e. The van der Waals surface area contributed by atoms with Crippen molar-refractivity contribution in [2.24, 2.45) is 10.8 Å². The third-order valence-electron chi connectivity index (χ3n) is 6.94. The van der Waals surface area contributed by atoms with Gasteiger partial charge in [-0.1, -0.05) is 53.7 Å². The van der Waals surface area contributed by atoms with E-state index in [1.54, 1.807) is 6.07 Å². The van der Waals surface area contributed by atoms with Gasteiger partial charge in [-0.25, -0.2) is 14.2 Å². The molecule has 2 aromatic carbocycles. The quantitative estimate of drug-likeness (QED) is 0.394. The number of carbonyl (C=O) groups is 1. The highest BCUT2D eigenvalue weighted by molar-refractivity contribution is 5.95. The Morgan fingerprint density at radius 1 is 1.09 bits per heavy atom. The van der Waals surface area contributed by atoms with Gasteiger partial charge in [-0.05, 0) is 65.8 Å². The third-order valence-corrected chi connectivity index (χ3v) is 6.94. The number of ether oxygens (including phenoxy) is 1. The van der Waals surface area contributed by atoms with Crippen molar-refractivity contribution in [3.05, 3.63) is 53.3 Å². The molecule has 1 saturated carbocycles. The number of anilines is 2. The zero-order valence-electron chi connectivity index (χ0n) is 21.3. The van der Waals surface area contributed by atoms with Crippen LogP contribution < -0.4 is 5.32 Å². The van der Waals surface area contributed by atoms with E-state index in [9.17, 15) is 4.79 Å². The summed E-state index contributed by atoms with van der Waals surface area (Å²) >= 11 is 0. The molecule has 182 valence electrons. The van der Waals surface area contributed by atoms with Gasteiger partial charge < -0.3 is 14.6 Å². The van der Waals surface area contributed by atoms with Gasteiger partial charge in [-0.2, -0.15) is 0 Å². The lowest BCUT2D eigenvalue weighted by atomic mass is 9.63. The van der Waals surface area contributed by atoms with Gasteiger partial charge in [0.2, 0.25) is 5.95 Å². The second kappa shape index (κ2) is 8.71. The Morgan fingerprint density at radius 2 is 1.71 bits per heavy atom. The van der Waals surface area contributed by atoms with E-state index in [1.165, 1.54) is 18.7 Å². The first-order valence-corrected chi connectivity index (χ1v) is 12.1. The number of esters is 1. The summed E-state index contributed by atoms with van der Waals surface area (Å²) in [4.78, 5) is 16.8. The molecule has 5 nitrogen and oxygen atoms in total. The second-order valence-electron chi connectivity index (χ2n) is 11.6. The van der Waals surface area contributed by atoms with Crippen LogP contribution in [0.5, 0.6) is 0 Å². The molecule has 1 aliphatic carbocycles. The third kappa shape index (κ3) is 4.68. The fourth-order valence-corrected chi connectivity index (χ4v) is 5.91. The Bertz CT molecular complexity index is 1190. The van der Waals surface area contributed by atoms with Gasteiger partial charge in [0.25, 0.3) is 0 Å². The van der Waals surface area contributed by atoms with Gasteiger partial charge in [0.1, 0.15) is 5.52 Å². The van der Waals surface area contributed by atoms with E-state index in [0.717, 1.165) is 24.9 Å². The van der Waals surface area contributed by atoms with Crippen LogP contribution in [-0.2, 0) is 4.74 Å². The van der Waals surface area contributed by atoms with Gasteiger partial charge in [-0.3, -0.25) is 0 Å². The summed E-state index contributed by atoms with van der Waals surface area (Å²) < 4.78 is 22.4. The van der Waals surface area contributed by atoms with Gasteiger partial charge in [0, 0.05) is 11.7 Å². The van der Waals surface area contributed by atoms with Crippen LogP contribution in [0, 0.1) is 16.6 Å². The summed E-state index contributed by atoms with van der Waals surface area (Å²) in [6, 6.07) is 11.7. The zero-order valence-corrected chi connectivity index (χ0v) is 21.3. The number of carbonyl (C=O) groups excluding carboxylic acids is 1. The molecule has 1 N–H and O–H groups in total. The Labute approximate surface area is 201 Å². The average Bonchev–Trinajstić information content (AvgIpc) is 3.10. The molecule has 0 aliphatic heterocycles. The number of imidazole rings is 1. The second-order valence-corrected chi connectivity index (χ2v) is 11.6. The van der Waals surface area contributed by atoms with Crippen LogP contribution in [0.25, 0.3) is 11.0 Å². The maximum Gasteiger partial charge on any atom is 0.340 e. The highest BCUT2D eigenvalue weighted by atomic mass is 19.1. The lowest BCUT2D eigenvalue weighted by Crippen LogP contribution is -2.35. The Morgan fingerprint density at radius 3 is 2.26 bits per heavy atom. The van der Waals surface area contributed by atoms with Gasteiger partial charge >= 0.3 is 5.97 Å². The first kappa shape index (κ1) is 24.2. The molecular formula is C28H36FN3O2. The van der Waals surface area contributed by atoms with Gasteiger partial charge in [0.05, 0.1) is 18.2 Å². The molecule has 34 heavy (non-hydrogen) atoms. The molecule has 0 spiro atoms. The van der Waals surface area contributed by atoms with Crippen molar-refractivity contribution in [3.63, 3.8) is 0 Å². The number of nitrogens with zero attached hydrogens (tertiary/aromatic N) is 2. The minimum absolute atomic E-state index is 0.100. The van der Waals surface area contributed by atoms with Crippen molar-refractivity contribution in [3.8, 4) is 0 Å². The van der Waals surface area contributed by atoms with Crippen molar-refractivity contribution in [2.45, 2.75) is 72.8 Å². The van der Waals surface area contributed by atoms with Crippen LogP contribution >= 0.6 is 0 Å². The Kier molecular flexibility index (Phi) is 6.21. The molecule has 0 amide bonds. The fourth-order valence-electron chi connectivity index (χ4n) is 5.91. The predicted molar refractivity (Wildman–Crippen MR) is 135 cm³/mol. The first-order chi connectivity index (χ1) is 15.9. The number of benzene rings is 2. The van der Waals surface area contributed by atoms with Gasteiger partial charge in [-0.15, -0.1) is 0 Å². The van der Waals surface area contributed by atoms with E-state index < -0.39 is 11.8 Å². The van der Waals surface area contributed by atoms with Crippen LogP contribution in [0.4, 0.5) is 16.0 Å². The highest BCUT2D eigenvalue weighted by Gasteiger charge is 2.40. The van der Waals surface area contributed by atoms with Crippen LogP contribution in [0.15, 0.2) is 36.4 Å². The number of halogens is 1. The minimum atomic E-state index is -0.701. The van der Waals surface area contributed by atoms with Crippen molar-refractivity contribution in [2.75, 3.05) is 12.4 Å². The van der Waals surface area contributed by atoms with E-state index in [4.69, 9.17) is 4.74 Å². The summed E-state index contributed by atoms with van der Waals surface area (Å²) in [6.45, 7) is 13.5. The molecule has 1 fully saturated rings. The molecule has 0 saturated heterocycles. The highest BCUT2D eigenvalue weighted by Crippen LogP contribution is 2.51. The zero-order chi connectivity index (χ0) is 24.8. The molecule has 3 aromatic rings. The van der Waals surface area contributed by atoms with E-state index in [0.29, 0.717) is 17.4 Å². The summed E-state index contributed by atoms with van der Waals surface area (Å²) in [5, 5.41) is 3.44. The van der Waals surface area contributed by atoms with Gasteiger partial charge in [0.15, 0.2) is 5.82 Å². The summed E-state index contributed by atoms with van der Waals surface area (Å²) in [5.74, 6) is -0.314. The van der Waals surface area contributed by atoms with E-state index >= 15 is 4.39 Å². The smallest absolute Gasteiger partial charge is 0.340 e. The predicted octanol–water partition coefficient (Wildman–Crippen LogP) is 7.61. The summed E-state index contributed by atoms with van der Waals surface area (Å²) in [6.07, 6.45) is 3.05. The Hall–Kier alpha value is -2.89. The molecular weight excluding hydrogens is 429 g/mol. The standard InChI is InChI=1S/C28H36FN3O2/c1-17(2)18-8-10-19(11-9-18)30-26-31-24-22(13-12-21(23(24)29)25(33)34-7)32(26)20-14-27(3,4)16-28(5,6)15-20/h8-13,17,20H,14-16H2,1-7H3,(H,30,31). The van der Waals surface area contributed by atoms with Crippen molar-refractivity contribution in [1.29, 1.82) is 0 Å². The van der Waals surface area contributed by atoms with Crippen molar-refractivity contribution in [1.82, 2.24) is 9.55 Å².